The quantitative estimate of drug-likeness (QED) is 0.740. The first-order valence-corrected chi connectivity index (χ1v) is 6.98. The van der Waals surface area contributed by atoms with Crippen molar-refractivity contribution in [3.05, 3.63) is 29.8 Å². The Hall–Kier alpha value is -1.34. The van der Waals surface area contributed by atoms with Gasteiger partial charge in [-0.15, -0.1) is 0 Å². The number of benzene rings is 1. The zero-order valence-corrected chi connectivity index (χ0v) is 10.9. The van der Waals surface area contributed by atoms with Gasteiger partial charge in [-0.3, -0.25) is 15.6 Å². The molecule has 1 aromatic carbocycles. The molecule has 0 atom stereocenters. The van der Waals surface area contributed by atoms with Gasteiger partial charge >= 0.3 is 0 Å². The molecule has 1 aliphatic heterocycles. The zero-order chi connectivity index (χ0) is 13.9. The van der Waals surface area contributed by atoms with Crippen LogP contribution >= 0.6 is 11.8 Å². The van der Waals surface area contributed by atoms with E-state index in [-0.39, 0.29) is 5.69 Å². The average Bonchev–Trinajstić information content (AvgIpc) is 2.35. The standard InChI is InChI=1S/C12H14F2N2O2S/c13-8-5-9(14)7-10(6-8)15-16-11(17)12(18)1-3-19-4-2-12/h5-7,15,18H,1-4H2,(H,16,17). The van der Waals surface area contributed by atoms with Crippen LogP contribution < -0.4 is 10.9 Å². The molecule has 4 nitrogen and oxygen atoms in total. The molecule has 3 N–H and O–H groups in total. The second-order valence-electron chi connectivity index (χ2n) is 4.38. The Morgan fingerprint density at radius 3 is 2.37 bits per heavy atom. The van der Waals surface area contributed by atoms with E-state index in [1.165, 1.54) is 0 Å². The maximum absolute atomic E-state index is 12.9. The van der Waals surface area contributed by atoms with Crippen molar-refractivity contribution in [3.63, 3.8) is 0 Å². The fraction of sp³-hybridized carbons (Fsp3) is 0.417. The van der Waals surface area contributed by atoms with E-state index >= 15 is 0 Å². The number of amides is 1. The first kappa shape index (κ1) is 14.1. The van der Waals surface area contributed by atoms with E-state index < -0.39 is 23.1 Å². The van der Waals surface area contributed by atoms with Crippen molar-refractivity contribution in [2.24, 2.45) is 0 Å². The first-order valence-electron chi connectivity index (χ1n) is 5.82. The minimum Gasteiger partial charge on any atom is -0.380 e. The number of carbonyl (C=O) groups is 1. The number of hydrogen-bond donors (Lipinski definition) is 3. The topological polar surface area (TPSA) is 61.4 Å². The van der Waals surface area contributed by atoms with Crippen LogP contribution in [-0.4, -0.2) is 28.1 Å². The van der Waals surface area contributed by atoms with Crippen LogP contribution in [0.2, 0.25) is 0 Å². The number of hydrazine groups is 1. The van der Waals surface area contributed by atoms with Gasteiger partial charge in [0, 0.05) is 6.07 Å². The molecule has 1 fully saturated rings. The lowest BCUT2D eigenvalue weighted by Gasteiger charge is -2.30. The SMILES string of the molecule is O=C(NNc1cc(F)cc(F)c1)C1(O)CCSCC1. The van der Waals surface area contributed by atoms with Crippen molar-refractivity contribution in [1.82, 2.24) is 5.43 Å². The van der Waals surface area contributed by atoms with Gasteiger partial charge in [-0.25, -0.2) is 8.78 Å². The van der Waals surface area contributed by atoms with Crippen LogP contribution in [0.3, 0.4) is 0 Å². The summed E-state index contributed by atoms with van der Waals surface area (Å²) in [4.78, 5) is 11.8. The van der Waals surface area contributed by atoms with Crippen LogP contribution in [-0.2, 0) is 4.79 Å². The number of aliphatic hydroxyl groups is 1. The first-order chi connectivity index (χ1) is 8.99. The highest BCUT2D eigenvalue weighted by Gasteiger charge is 2.37. The van der Waals surface area contributed by atoms with Crippen molar-refractivity contribution in [3.8, 4) is 0 Å². The Kier molecular flexibility index (Phi) is 4.26. The van der Waals surface area contributed by atoms with Gasteiger partial charge in [0.05, 0.1) is 5.69 Å². The third kappa shape index (κ3) is 3.57. The van der Waals surface area contributed by atoms with Gasteiger partial charge < -0.3 is 5.11 Å². The van der Waals surface area contributed by atoms with Crippen LogP contribution in [0.1, 0.15) is 12.8 Å². The third-order valence-corrected chi connectivity index (χ3v) is 3.91. The third-order valence-electron chi connectivity index (χ3n) is 2.93. The van der Waals surface area contributed by atoms with E-state index in [1.54, 1.807) is 11.8 Å². The van der Waals surface area contributed by atoms with Crippen LogP contribution in [0.15, 0.2) is 18.2 Å². The number of halogens is 2. The van der Waals surface area contributed by atoms with E-state index in [2.05, 4.69) is 10.9 Å². The lowest BCUT2D eigenvalue weighted by molar-refractivity contribution is -0.139. The second-order valence-corrected chi connectivity index (χ2v) is 5.61. The molecule has 104 valence electrons. The van der Waals surface area contributed by atoms with Gasteiger partial charge in [0.15, 0.2) is 0 Å². The zero-order valence-electron chi connectivity index (χ0n) is 10.1. The fourth-order valence-corrected chi connectivity index (χ4v) is 2.98. The molecule has 2 rings (SSSR count). The summed E-state index contributed by atoms with van der Waals surface area (Å²) >= 11 is 1.67. The Bertz CT molecular complexity index is 459. The summed E-state index contributed by atoms with van der Waals surface area (Å²) in [5, 5.41) is 10.1. The number of carbonyl (C=O) groups excluding carboxylic acids is 1. The van der Waals surface area contributed by atoms with Gasteiger partial charge in [0.25, 0.3) is 5.91 Å². The second kappa shape index (κ2) is 5.75. The van der Waals surface area contributed by atoms with Gasteiger partial charge in [-0.2, -0.15) is 11.8 Å². The highest BCUT2D eigenvalue weighted by molar-refractivity contribution is 7.99. The van der Waals surface area contributed by atoms with Gasteiger partial charge in [-0.1, -0.05) is 0 Å². The molecule has 1 aliphatic rings. The molecule has 1 saturated heterocycles. The smallest absolute Gasteiger partial charge is 0.270 e. The molecule has 0 saturated carbocycles. The minimum atomic E-state index is -1.41. The monoisotopic (exact) mass is 288 g/mol. The molecule has 0 aliphatic carbocycles. The van der Waals surface area contributed by atoms with Gasteiger partial charge in [0.1, 0.15) is 17.2 Å². The summed E-state index contributed by atoms with van der Waals surface area (Å²) in [5.41, 5.74) is 3.35. The summed E-state index contributed by atoms with van der Waals surface area (Å²) in [6.45, 7) is 0. The maximum Gasteiger partial charge on any atom is 0.270 e. The highest BCUT2D eigenvalue weighted by atomic mass is 32.2. The molecule has 1 amide bonds. The molecule has 19 heavy (non-hydrogen) atoms. The van der Waals surface area contributed by atoms with Crippen LogP contribution in [0.25, 0.3) is 0 Å². The molecule has 1 heterocycles. The molecular weight excluding hydrogens is 274 g/mol. The van der Waals surface area contributed by atoms with E-state index in [0.717, 1.165) is 18.2 Å². The summed E-state index contributed by atoms with van der Waals surface area (Å²) < 4.78 is 25.9. The number of nitrogens with one attached hydrogen (secondary N) is 2. The summed E-state index contributed by atoms with van der Waals surface area (Å²) in [7, 11) is 0. The number of hydrogen-bond acceptors (Lipinski definition) is 4. The van der Waals surface area contributed by atoms with E-state index in [9.17, 15) is 18.7 Å². The predicted octanol–water partition coefficient (Wildman–Crippen LogP) is 1.67. The van der Waals surface area contributed by atoms with E-state index in [0.29, 0.717) is 24.3 Å². The van der Waals surface area contributed by atoms with Crippen molar-refractivity contribution >= 4 is 23.4 Å². The predicted molar refractivity (Wildman–Crippen MR) is 69.6 cm³/mol. The van der Waals surface area contributed by atoms with Crippen molar-refractivity contribution in [2.75, 3.05) is 16.9 Å². The Labute approximate surface area is 113 Å². The molecule has 1 aromatic rings. The number of thioether (sulfide) groups is 1. The Balaban J connectivity index is 1.96. The number of rotatable bonds is 3. The molecule has 0 radical (unpaired) electrons. The van der Waals surface area contributed by atoms with E-state index in [4.69, 9.17) is 0 Å². The summed E-state index contributed by atoms with van der Waals surface area (Å²) in [6.07, 6.45) is 0.728. The Morgan fingerprint density at radius 1 is 1.21 bits per heavy atom. The molecule has 7 heteroatoms. The highest BCUT2D eigenvalue weighted by Crippen LogP contribution is 2.27. The van der Waals surface area contributed by atoms with E-state index in [1.807, 2.05) is 0 Å². The molecule has 0 bridgehead atoms. The van der Waals surface area contributed by atoms with Crippen molar-refractivity contribution < 1.29 is 18.7 Å². The van der Waals surface area contributed by atoms with Crippen molar-refractivity contribution in [1.29, 1.82) is 0 Å². The average molecular weight is 288 g/mol. The maximum atomic E-state index is 12.9. The fourth-order valence-electron chi connectivity index (χ4n) is 1.81. The minimum absolute atomic E-state index is 0.0830. The summed E-state index contributed by atoms with van der Waals surface area (Å²) in [5.74, 6) is -0.664. The van der Waals surface area contributed by atoms with Gasteiger partial charge in [0.2, 0.25) is 0 Å². The van der Waals surface area contributed by atoms with Crippen molar-refractivity contribution in [2.45, 2.75) is 18.4 Å². The molecule has 0 unspecified atom stereocenters. The summed E-state index contributed by atoms with van der Waals surface area (Å²) in [6, 6.07) is 2.83. The lowest BCUT2D eigenvalue weighted by Crippen LogP contribution is -2.50. The molecule has 0 aromatic heterocycles. The lowest BCUT2D eigenvalue weighted by atomic mass is 9.96. The number of anilines is 1. The largest absolute Gasteiger partial charge is 0.380 e. The van der Waals surface area contributed by atoms with Crippen LogP contribution in [0, 0.1) is 11.6 Å². The molecule has 0 spiro atoms. The Morgan fingerprint density at radius 2 is 1.79 bits per heavy atom. The van der Waals surface area contributed by atoms with Crippen LogP contribution in [0.4, 0.5) is 14.5 Å². The molecular formula is C12H14F2N2O2S. The van der Waals surface area contributed by atoms with Gasteiger partial charge in [-0.05, 0) is 36.5 Å². The van der Waals surface area contributed by atoms with Crippen LogP contribution in [0.5, 0.6) is 0 Å². The normalized spacial score (nSPS) is 17.8.